The molecule has 2 amide bonds. The van der Waals surface area contributed by atoms with Crippen molar-refractivity contribution >= 4 is 45.1 Å². The van der Waals surface area contributed by atoms with Crippen LogP contribution in [0.4, 0.5) is 0 Å². The molecule has 0 spiro atoms. The first-order valence-corrected chi connectivity index (χ1v) is 12.3. The first kappa shape index (κ1) is 21.9. The molecule has 0 bridgehead atoms. The SMILES string of the molecule is O=C1c2ccccc2C(=O)N1CCc1cnc2n1-c1ccc(Br)cc1C(c1ccccc1Cl)=NC2. The Bertz CT molecular complexity index is 1520. The lowest BCUT2D eigenvalue weighted by molar-refractivity contribution is 0.0655. The van der Waals surface area contributed by atoms with E-state index in [0.717, 1.165) is 38.5 Å². The second kappa shape index (κ2) is 8.59. The molecule has 3 heterocycles. The van der Waals surface area contributed by atoms with E-state index in [9.17, 15) is 9.59 Å². The minimum absolute atomic E-state index is 0.255. The molecule has 4 aromatic rings. The van der Waals surface area contributed by atoms with Crippen LogP contribution in [0.15, 0.2) is 82.4 Å². The lowest BCUT2D eigenvalue weighted by Crippen LogP contribution is -2.32. The summed E-state index contributed by atoms with van der Waals surface area (Å²) >= 11 is 10.1. The Morgan fingerprint density at radius 1 is 0.886 bits per heavy atom. The lowest BCUT2D eigenvalue weighted by Gasteiger charge is -2.17. The highest BCUT2D eigenvalue weighted by Gasteiger charge is 2.35. The van der Waals surface area contributed by atoms with E-state index >= 15 is 0 Å². The highest BCUT2D eigenvalue weighted by Crippen LogP contribution is 2.31. The maximum atomic E-state index is 12.8. The molecular weight excluding hydrogens is 528 g/mol. The van der Waals surface area contributed by atoms with Gasteiger partial charge in [0.2, 0.25) is 0 Å². The normalized spacial score (nSPS) is 14.3. The second-order valence-electron chi connectivity index (χ2n) is 8.36. The molecular formula is C27H18BrClN4O2. The molecule has 0 saturated heterocycles. The van der Waals surface area contributed by atoms with Crippen LogP contribution in [-0.4, -0.2) is 38.5 Å². The van der Waals surface area contributed by atoms with Gasteiger partial charge in [-0.25, -0.2) is 4.98 Å². The van der Waals surface area contributed by atoms with Gasteiger partial charge in [-0.15, -0.1) is 0 Å². The number of rotatable bonds is 4. The fraction of sp³-hybridized carbons (Fsp3) is 0.111. The van der Waals surface area contributed by atoms with Crippen molar-refractivity contribution in [2.24, 2.45) is 4.99 Å². The van der Waals surface area contributed by atoms with Crippen molar-refractivity contribution in [3.63, 3.8) is 0 Å². The maximum Gasteiger partial charge on any atom is 0.261 e. The average molecular weight is 546 g/mol. The number of benzene rings is 3. The number of fused-ring (bicyclic) bond motifs is 4. The van der Waals surface area contributed by atoms with Crippen LogP contribution in [0.2, 0.25) is 5.02 Å². The summed E-state index contributed by atoms with van der Waals surface area (Å²) in [5, 5.41) is 0.627. The van der Waals surface area contributed by atoms with Gasteiger partial charge in [0, 0.05) is 45.5 Å². The predicted molar refractivity (Wildman–Crippen MR) is 138 cm³/mol. The van der Waals surface area contributed by atoms with Gasteiger partial charge in [-0.1, -0.05) is 57.9 Å². The molecule has 0 radical (unpaired) electrons. The van der Waals surface area contributed by atoms with Gasteiger partial charge >= 0.3 is 0 Å². The summed E-state index contributed by atoms with van der Waals surface area (Å²) in [6.45, 7) is 0.640. The molecule has 2 aliphatic heterocycles. The molecule has 172 valence electrons. The Balaban J connectivity index is 1.37. The number of aromatic nitrogens is 2. The van der Waals surface area contributed by atoms with Crippen molar-refractivity contribution in [3.8, 4) is 5.69 Å². The molecule has 6 rings (SSSR count). The number of hydrogen-bond acceptors (Lipinski definition) is 4. The summed E-state index contributed by atoms with van der Waals surface area (Å²) in [6.07, 6.45) is 2.27. The molecule has 1 aromatic heterocycles. The van der Waals surface area contributed by atoms with E-state index in [1.54, 1.807) is 30.5 Å². The number of hydrogen-bond donors (Lipinski definition) is 0. The molecule has 2 aliphatic rings. The third-order valence-electron chi connectivity index (χ3n) is 6.34. The summed E-state index contributed by atoms with van der Waals surface area (Å²) < 4.78 is 3.00. The summed E-state index contributed by atoms with van der Waals surface area (Å²) in [6, 6.07) is 20.6. The lowest BCUT2D eigenvalue weighted by atomic mass is 10.0. The van der Waals surface area contributed by atoms with Crippen molar-refractivity contribution in [1.29, 1.82) is 0 Å². The number of amides is 2. The van der Waals surface area contributed by atoms with Gasteiger partial charge in [0.05, 0.1) is 29.1 Å². The van der Waals surface area contributed by atoms with E-state index in [4.69, 9.17) is 16.6 Å². The second-order valence-corrected chi connectivity index (χ2v) is 9.69. The van der Waals surface area contributed by atoms with E-state index in [2.05, 4.69) is 25.5 Å². The van der Waals surface area contributed by atoms with Crippen LogP contribution in [0.25, 0.3) is 5.69 Å². The molecule has 0 unspecified atom stereocenters. The van der Waals surface area contributed by atoms with E-state index in [1.807, 2.05) is 42.5 Å². The molecule has 0 atom stereocenters. The van der Waals surface area contributed by atoms with Crippen molar-refractivity contribution in [2.45, 2.75) is 13.0 Å². The molecule has 0 N–H and O–H groups in total. The number of aliphatic imine (C=N–C) groups is 1. The van der Waals surface area contributed by atoms with Crippen LogP contribution in [-0.2, 0) is 13.0 Å². The minimum atomic E-state index is -0.255. The molecule has 3 aromatic carbocycles. The van der Waals surface area contributed by atoms with Crippen molar-refractivity contribution in [2.75, 3.05) is 6.54 Å². The summed E-state index contributed by atoms with van der Waals surface area (Å²) in [5.41, 5.74) is 5.31. The maximum absolute atomic E-state index is 12.8. The Kier molecular flexibility index (Phi) is 5.39. The third kappa shape index (κ3) is 3.63. The number of imide groups is 1. The molecule has 0 saturated carbocycles. The Hall–Kier alpha value is -3.55. The summed E-state index contributed by atoms with van der Waals surface area (Å²) in [7, 11) is 0. The first-order chi connectivity index (χ1) is 17.0. The molecule has 6 nitrogen and oxygen atoms in total. The Morgan fingerprint density at radius 2 is 1.57 bits per heavy atom. The molecule has 35 heavy (non-hydrogen) atoms. The highest BCUT2D eigenvalue weighted by molar-refractivity contribution is 9.10. The zero-order valence-corrected chi connectivity index (χ0v) is 20.8. The van der Waals surface area contributed by atoms with Gasteiger partial charge < -0.3 is 0 Å². The van der Waals surface area contributed by atoms with Gasteiger partial charge in [0.1, 0.15) is 5.82 Å². The van der Waals surface area contributed by atoms with Gasteiger partial charge in [-0.3, -0.25) is 24.0 Å². The van der Waals surface area contributed by atoms with E-state index in [1.165, 1.54) is 4.90 Å². The molecule has 0 aliphatic carbocycles. The molecule has 8 heteroatoms. The predicted octanol–water partition coefficient (Wildman–Crippen LogP) is 5.48. The van der Waals surface area contributed by atoms with Crippen molar-refractivity contribution in [1.82, 2.24) is 14.5 Å². The van der Waals surface area contributed by atoms with Crippen LogP contribution < -0.4 is 0 Å². The van der Waals surface area contributed by atoms with E-state index in [0.29, 0.717) is 29.1 Å². The number of nitrogens with zero attached hydrogens (tertiary/aromatic N) is 4. The zero-order chi connectivity index (χ0) is 24.1. The van der Waals surface area contributed by atoms with Crippen LogP contribution in [0.1, 0.15) is 43.4 Å². The number of carbonyl (C=O) groups excluding carboxylic acids is 2. The van der Waals surface area contributed by atoms with Gasteiger partial charge in [0.25, 0.3) is 11.8 Å². The Labute approximate surface area is 215 Å². The van der Waals surface area contributed by atoms with E-state index < -0.39 is 0 Å². The first-order valence-electron chi connectivity index (χ1n) is 11.1. The topological polar surface area (TPSA) is 67.6 Å². The van der Waals surface area contributed by atoms with Gasteiger partial charge in [-0.2, -0.15) is 0 Å². The molecule has 0 fully saturated rings. The average Bonchev–Trinajstić information content (AvgIpc) is 3.32. The quantitative estimate of drug-likeness (QED) is 0.319. The van der Waals surface area contributed by atoms with Crippen LogP contribution in [0, 0.1) is 0 Å². The fourth-order valence-corrected chi connectivity index (χ4v) is 5.28. The van der Waals surface area contributed by atoms with Crippen LogP contribution in [0.3, 0.4) is 0 Å². The minimum Gasteiger partial charge on any atom is -0.298 e. The standard InChI is InChI=1S/C27H18BrClN4O2/c28-16-9-10-23-21(13-16)25(20-7-3-4-8-22(20)29)31-15-24-30-14-17(33(23)24)11-12-32-26(34)18-5-1-2-6-19(18)27(32)35/h1-10,13-14H,11-12,15H2. The van der Waals surface area contributed by atoms with Gasteiger partial charge in [0.15, 0.2) is 0 Å². The van der Waals surface area contributed by atoms with Crippen LogP contribution in [0.5, 0.6) is 0 Å². The summed E-state index contributed by atoms with van der Waals surface area (Å²) in [5.74, 6) is 0.276. The van der Waals surface area contributed by atoms with Gasteiger partial charge in [-0.05, 0) is 36.4 Å². The van der Waals surface area contributed by atoms with Crippen molar-refractivity contribution in [3.05, 3.63) is 116 Å². The number of halogens is 2. The smallest absolute Gasteiger partial charge is 0.261 e. The zero-order valence-electron chi connectivity index (χ0n) is 18.4. The largest absolute Gasteiger partial charge is 0.298 e. The van der Waals surface area contributed by atoms with Crippen LogP contribution >= 0.6 is 27.5 Å². The Morgan fingerprint density at radius 3 is 2.29 bits per heavy atom. The highest BCUT2D eigenvalue weighted by atomic mass is 79.9. The van der Waals surface area contributed by atoms with Crippen molar-refractivity contribution < 1.29 is 9.59 Å². The fourth-order valence-electron chi connectivity index (χ4n) is 4.69. The third-order valence-corrected chi connectivity index (χ3v) is 7.16. The number of carbonyl (C=O) groups is 2. The monoisotopic (exact) mass is 544 g/mol. The summed E-state index contributed by atoms with van der Waals surface area (Å²) in [4.78, 5) is 36.5. The van der Waals surface area contributed by atoms with E-state index in [-0.39, 0.29) is 18.4 Å². The number of imidazole rings is 1.